The molecule has 0 unspecified atom stereocenters. The van der Waals surface area contributed by atoms with Crippen molar-refractivity contribution in [1.82, 2.24) is 10.3 Å². The van der Waals surface area contributed by atoms with E-state index in [1.54, 1.807) is 0 Å². The van der Waals surface area contributed by atoms with Crippen LogP contribution in [-0.2, 0) is 22.4 Å². The van der Waals surface area contributed by atoms with Gasteiger partial charge in [0.2, 0.25) is 5.91 Å². The molecule has 3 N–H and O–H groups in total. The molecule has 1 heterocycles. The van der Waals surface area contributed by atoms with E-state index in [9.17, 15) is 14.7 Å². The van der Waals surface area contributed by atoms with Crippen molar-refractivity contribution < 1.29 is 19.4 Å². The van der Waals surface area contributed by atoms with Crippen LogP contribution in [0.15, 0.2) is 42.5 Å². The van der Waals surface area contributed by atoms with Crippen LogP contribution in [0.25, 0.3) is 0 Å². The van der Waals surface area contributed by atoms with Crippen molar-refractivity contribution >= 4 is 17.7 Å². The van der Waals surface area contributed by atoms with Crippen LogP contribution in [0.3, 0.4) is 0 Å². The zero-order valence-electron chi connectivity index (χ0n) is 18.7. The third-order valence-corrected chi connectivity index (χ3v) is 5.89. The Morgan fingerprint density at radius 3 is 2.47 bits per heavy atom. The summed E-state index contributed by atoms with van der Waals surface area (Å²) in [7, 11) is 1.84. The highest BCUT2D eigenvalue weighted by molar-refractivity contribution is 5.85. The average Bonchev–Trinajstić information content (AvgIpc) is 3.09. The van der Waals surface area contributed by atoms with Crippen LogP contribution in [0.4, 0.5) is 5.82 Å². The van der Waals surface area contributed by atoms with Gasteiger partial charge in [0, 0.05) is 31.5 Å². The summed E-state index contributed by atoms with van der Waals surface area (Å²) < 4.78 is 5.80. The van der Waals surface area contributed by atoms with Crippen LogP contribution < -0.4 is 15.4 Å². The first-order chi connectivity index (χ1) is 15.5. The number of aliphatic carboxylic acids is 1. The molecule has 1 amide bonds. The van der Waals surface area contributed by atoms with Crippen molar-refractivity contribution in [2.45, 2.75) is 57.4 Å². The van der Waals surface area contributed by atoms with Crippen LogP contribution in [0.1, 0.15) is 49.8 Å². The Hall–Kier alpha value is -3.09. The zero-order chi connectivity index (χ0) is 22.8. The second-order valence-electron chi connectivity index (χ2n) is 8.30. The summed E-state index contributed by atoms with van der Waals surface area (Å²) in [6.07, 6.45) is 7.00. The molecule has 0 bridgehead atoms. The molecule has 1 aromatic carbocycles. The number of benzene rings is 1. The molecule has 1 atom stereocenters. The molecule has 172 valence electrons. The first-order valence-corrected chi connectivity index (χ1v) is 11.4. The first kappa shape index (κ1) is 23.6. The van der Waals surface area contributed by atoms with Crippen molar-refractivity contribution in [1.29, 1.82) is 0 Å². The second-order valence-corrected chi connectivity index (χ2v) is 8.30. The SMILES string of the molecule is CNc1cccc(CCOc2ccc(C[C@H](NC(=O)C3CCCCCC3)C(=O)O)cc2)n1. The Kier molecular flexibility index (Phi) is 8.90. The Labute approximate surface area is 189 Å². The van der Waals surface area contributed by atoms with Crippen LogP contribution in [0.5, 0.6) is 5.75 Å². The lowest BCUT2D eigenvalue weighted by Gasteiger charge is -2.19. The van der Waals surface area contributed by atoms with Crippen LogP contribution >= 0.6 is 0 Å². The topological polar surface area (TPSA) is 101 Å². The van der Waals surface area contributed by atoms with E-state index in [1.165, 1.54) is 0 Å². The molecule has 32 heavy (non-hydrogen) atoms. The predicted molar refractivity (Wildman–Crippen MR) is 124 cm³/mol. The molecule has 7 heteroatoms. The van der Waals surface area contributed by atoms with Gasteiger partial charge < -0.3 is 20.5 Å². The lowest BCUT2D eigenvalue weighted by atomic mass is 9.98. The van der Waals surface area contributed by atoms with Crippen molar-refractivity contribution in [2.24, 2.45) is 5.92 Å². The summed E-state index contributed by atoms with van der Waals surface area (Å²) in [6, 6.07) is 12.3. The van der Waals surface area contributed by atoms with Gasteiger partial charge in [0.25, 0.3) is 0 Å². The fourth-order valence-electron chi connectivity index (χ4n) is 4.02. The number of anilines is 1. The van der Waals surface area contributed by atoms with Crippen LogP contribution in [0, 0.1) is 5.92 Å². The van der Waals surface area contributed by atoms with E-state index in [-0.39, 0.29) is 18.2 Å². The normalized spacial score (nSPS) is 15.4. The number of pyridine rings is 1. The largest absolute Gasteiger partial charge is 0.493 e. The van der Waals surface area contributed by atoms with Gasteiger partial charge in [0.05, 0.1) is 6.61 Å². The molecule has 0 radical (unpaired) electrons. The number of hydrogen-bond acceptors (Lipinski definition) is 5. The fourth-order valence-corrected chi connectivity index (χ4v) is 4.02. The molecular weight excluding hydrogens is 406 g/mol. The van der Waals surface area contributed by atoms with Crippen molar-refractivity contribution in [3.05, 3.63) is 53.7 Å². The average molecular weight is 440 g/mol. The summed E-state index contributed by atoms with van der Waals surface area (Å²) in [5, 5.41) is 15.4. The molecule has 1 aliphatic rings. The highest BCUT2D eigenvalue weighted by Gasteiger charge is 2.26. The van der Waals surface area contributed by atoms with E-state index >= 15 is 0 Å². The maximum atomic E-state index is 12.6. The summed E-state index contributed by atoms with van der Waals surface area (Å²) in [4.78, 5) is 28.8. The number of carboxylic acids is 1. The monoisotopic (exact) mass is 439 g/mol. The van der Waals surface area contributed by atoms with Crippen LogP contribution in [-0.4, -0.2) is 41.7 Å². The van der Waals surface area contributed by atoms with Gasteiger partial charge >= 0.3 is 5.97 Å². The van der Waals surface area contributed by atoms with Crippen molar-refractivity contribution in [3.8, 4) is 5.75 Å². The standard InChI is InChI=1S/C25H33N3O4/c1-26-23-10-6-9-20(27-23)15-16-32-21-13-11-18(12-14-21)17-22(25(30)31)28-24(29)19-7-4-2-3-5-8-19/h6,9-14,19,22H,2-5,7-8,15-17H2,1H3,(H,26,27)(H,28,29)(H,30,31)/t22-/m0/s1. The molecule has 3 rings (SSSR count). The minimum absolute atomic E-state index is 0.0709. The first-order valence-electron chi connectivity index (χ1n) is 11.4. The van der Waals surface area contributed by atoms with E-state index in [2.05, 4.69) is 15.6 Å². The number of ether oxygens (including phenoxy) is 1. The Bertz CT molecular complexity index is 877. The van der Waals surface area contributed by atoms with Crippen LogP contribution in [0.2, 0.25) is 0 Å². The molecule has 0 spiro atoms. The highest BCUT2D eigenvalue weighted by atomic mass is 16.5. The summed E-state index contributed by atoms with van der Waals surface area (Å²) in [6.45, 7) is 0.495. The van der Waals surface area contributed by atoms with Gasteiger partial charge in [-0.25, -0.2) is 9.78 Å². The Morgan fingerprint density at radius 1 is 1.09 bits per heavy atom. The smallest absolute Gasteiger partial charge is 0.326 e. The van der Waals surface area contributed by atoms with Gasteiger partial charge in [0.1, 0.15) is 17.6 Å². The molecule has 1 aromatic heterocycles. The molecule has 1 fully saturated rings. The van der Waals surface area contributed by atoms with Gasteiger partial charge in [-0.3, -0.25) is 4.79 Å². The van der Waals surface area contributed by atoms with Gasteiger partial charge in [-0.05, 0) is 42.7 Å². The maximum absolute atomic E-state index is 12.6. The molecule has 2 aromatic rings. The number of carbonyl (C=O) groups excluding carboxylic acids is 1. The minimum atomic E-state index is -1.01. The van der Waals surface area contributed by atoms with Gasteiger partial charge in [-0.2, -0.15) is 0 Å². The van der Waals surface area contributed by atoms with E-state index < -0.39 is 12.0 Å². The van der Waals surface area contributed by atoms with E-state index in [0.717, 1.165) is 55.6 Å². The predicted octanol–water partition coefficient (Wildman–Crippen LogP) is 3.83. The summed E-state index contributed by atoms with van der Waals surface area (Å²) in [5.74, 6) is 0.330. The quantitative estimate of drug-likeness (QED) is 0.487. The third kappa shape index (κ3) is 7.25. The number of carboxylic acid groups (broad SMARTS) is 1. The lowest BCUT2D eigenvalue weighted by Crippen LogP contribution is -2.44. The maximum Gasteiger partial charge on any atom is 0.326 e. The number of hydrogen-bond donors (Lipinski definition) is 3. The van der Waals surface area contributed by atoms with Crippen molar-refractivity contribution in [2.75, 3.05) is 19.0 Å². The van der Waals surface area contributed by atoms with E-state index in [0.29, 0.717) is 18.8 Å². The summed E-state index contributed by atoms with van der Waals surface area (Å²) in [5.41, 5.74) is 1.79. The highest BCUT2D eigenvalue weighted by Crippen LogP contribution is 2.23. The molecular formula is C25H33N3O4. The minimum Gasteiger partial charge on any atom is -0.493 e. The number of nitrogens with one attached hydrogen (secondary N) is 2. The van der Waals surface area contributed by atoms with E-state index in [4.69, 9.17) is 4.74 Å². The Morgan fingerprint density at radius 2 is 1.81 bits per heavy atom. The molecule has 1 saturated carbocycles. The third-order valence-electron chi connectivity index (χ3n) is 5.89. The Balaban J connectivity index is 1.49. The molecule has 7 nitrogen and oxygen atoms in total. The van der Waals surface area contributed by atoms with Gasteiger partial charge in [-0.1, -0.05) is 43.9 Å². The number of aromatic nitrogens is 1. The fraction of sp³-hybridized carbons (Fsp3) is 0.480. The van der Waals surface area contributed by atoms with Crippen molar-refractivity contribution in [3.63, 3.8) is 0 Å². The van der Waals surface area contributed by atoms with E-state index in [1.807, 2.05) is 49.5 Å². The number of amides is 1. The molecule has 1 aliphatic carbocycles. The second kappa shape index (κ2) is 12.1. The lowest BCUT2D eigenvalue weighted by molar-refractivity contribution is -0.142. The number of carbonyl (C=O) groups is 2. The molecule has 0 saturated heterocycles. The van der Waals surface area contributed by atoms with Gasteiger partial charge in [0.15, 0.2) is 0 Å². The number of nitrogens with zero attached hydrogens (tertiary/aromatic N) is 1. The van der Waals surface area contributed by atoms with Gasteiger partial charge in [-0.15, -0.1) is 0 Å². The zero-order valence-corrected chi connectivity index (χ0v) is 18.7. The number of rotatable bonds is 10. The summed E-state index contributed by atoms with van der Waals surface area (Å²) >= 11 is 0. The molecule has 0 aliphatic heterocycles.